The minimum atomic E-state index is -2.03. The SMILES string of the molecule is CC(C)(C)OC(=O)N1CC(O)(C(=O)N[C@@H]2C[C@H](N)[C@@H](O[C@H]3O[C@H](CN)C[C@H](O)[C@H]3N)[C@H](O[C@@H]3O[C@H](CO)[C@@H](O[C@H]4O[C@@H](CN)[C@@H](O)[C@H](O)[C@H]4N)[C@H]3O)[C@H]2O)C1. The van der Waals surface area contributed by atoms with Crippen molar-refractivity contribution in [1.82, 2.24) is 10.2 Å². The minimum Gasteiger partial charge on any atom is -0.444 e. The quantitative estimate of drug-likeness (QED) is 0.0923. The van der Waals surface area contributed by atoms with Gasteiger partial charge in [0, 0.05) is 25.6 Å². The number of hydrogen-bond acceptors (Lipinski definition) is 21. The van der Waals surface area contributed by atoms with Crippen LogP contribution in [0.1, 0.15) is 33.6 Å². The molecule has 0 aromatic carbocycles. The Labute approximate surface area is 317 Å². The average molecular weight is 798 g/mol. The van der Waals surface area contributed by atoms with E-state index in [4.69, 9.17) is 61.8 Å². The number of hydrogen-bond donors (Lipinski definition) is 13. The smallest absolute Gasteiger partial charge is 0.410 e. The lowest BCUT2D eigenvalue weighted by Gasteiger charge is -2.49. The summed E-state index contributed by atoms with van der Waals surface area (Å²) >= 11 is 0. The summed E-state index contributed by atoms with van der Waals surface area (Å²) in [6.45, 7) is 3.32. The monoisotopic (exact) mass is 797 g/mol. The highest BCUT2D eigenvalue weighted by Crippen LogP contribution is 2.35. The number of amides is 2. The molecule has 4 saturated heterocycles. The van der Waals surface area contributed by atoms with Crippen molar-refractivity contribution in [2.45, 2.75) is 155 Å². The first-order chi connectivity index (χ1) is 25.7. The Kier molecular flexibility index (Phi) is 14.0. The maximum atomic E-state index is 13.4. The van der Waals surface area contributed by atoms with Crippen molar-refractivity contribution in [2.24, 2.45) is 28.7 Å². The number of likely N-dealkylation sites (tertiary alicyclic amines) is 1. The summed E-state index contributed by atoms with van der Waals surface area (Å²) in [5.74, 6) is -0.925. The summed E-state index contributed by atoms with van der Waals surface area (Å²) in [7, 11) is 0. The summed E-state index contributed by atoms with van der Waals surface area (Å²) in [6.07, 6.45) is -19.9. The molecule has 0 spiro atoms. The van der Waals surface area contributed by atoms with Gasteiger partial charge in [-0.05, 0) is 27.2 Å². The van der Waals surface area contributed by atoms with E-state index in [0.29, 0.717) is 0 Å². The molecule has 0 aromatic heterocycles. The van der Waals surface area contributed by atoms with Crippen LogP contribution in [0, 0.1) is 0 Å². The molecule has 318 valence electrons. The zero-order valence-electron chi connectivity index (χ0n) is 31.0. The molecule has 1 saturated carbocycles. The Morgan fingerprint density at radius 3 is 1.98 bits per heavy atom. The van der Waals surface area contributed by atoms with Gasteiger partial charge >= 0.3 is 6.09 Å². The molecule has 5 fully saturated rings. The molecule has 2 amide bonds. The molecule has 23 heteroatoms. The second kappa shape index (κ2) is 17.5. The van der Waals surface area contributed by atoms with E-state index in [2.05, 4.69) is 5.32 Å². The highest BCUT2D eigenvalue weighted by molar-refractivity contribution is 5.89. The number of aliphatic hydroxyl groups is 7. The van der Waals surface area contributed by atoms with Gasteiger partial charge in [-0.15, -0.1) is 0 Å². The van der Waals surface area contributed by atoms with E-state index in [-0.39, 0.29) is 25.9 Å². The van der Waals surface area contributed by atoms with Crippen LogP contribution in [0.5, 0.6) is 0 Å². The van der Waals surface area contributed by atoms with E-state index in [1.165, 1.54) is 0 Å². The largest absolute Gasteiger partial charge is 0.444 e. The highest BCUT2D eigenvalue weighted by atomic mass is 16.8. The Balaban J connectivity index is 1.34. The standard InChI is InChI=1S/C32H59N7O16/c1-31(2,3)55-30(47)39-9-32(48,10-39)29(46)38-13-5-12(35)23(52-26-17(36)14(41)4-11(6-33)49-26)25(19(13)42)54-28-22(45)24(16(8-40)51-28)53-27-18(37)21(44)20(43)15(7-34)50-27/h11-28,40-45,48H,4-10,33-37H2,1-3H3,(H,38,46)/t11-,12-,13+,14-,15-,16+,17+,18+,19-,20+,21+,22+,23+,24+,25+,26+,27+,28-/m0/s1. The van der Waals surface area contributed by atoms with E-state index in [1.54, 1.807) is 20.8 Å². The van der Waals surface area contributed by atoms with Crippen molar-refractivity contribution in [3.05, 3.63) is 0 Å². The average Bonchev–Trinajstić information content (AvgIpc) is 3.40. The van der Waals surface area contributed by atoms with Gasteiger partial charge in [0.05, 0.1) is 50.0 Å². The highest BCUT2D eigenvalue weighted by Gasteiger charge is 2.56. The van der Waals surface area contributed by atoms with Crippen LogP contribution in [0.4, 0.5) is 4.79 Å². The van der Waals surface area contributed by atoms with Crippen molar-refractivity contribution in [2.75, 3.05) is 32.8 Å². The summed E-state index contributed by atoms with van der Waals surface area (Å²) < 4.78 is 40.8. The Hall–Kier alpha value is -1.98. The second-order valence-electron chi connectivity index (χ2n) is 15.9. The molecule has 4 aliphatic heterocycles. The fourth-order valence-electron chi connectivity index (χ4n) is 7.29. The fraction of sp³-hybridized carbons (Fsp3) is 0.938. The van der Waals surface area contributed by atoms with Crippen molar-refractivity contribution in [3.8, 4) is 0 Å². The first-order valence-corrected chi connectivity index (χ1v) is 18.3. The minimum absolute atomic E-state index is 0.0215. The molecule has 5 rings (SSSR count). The fourth-order valence-corrected chi connectivity index (χ4v) is 7.29. The molecule has 4 heterocycles. The number of carbonyl (C=O) groups excluding carboxylic acids is 2. The molecule has 0 aromatic rings. The summed E-state index contributed by atoms with van der Waals surface area (Å²) in [4.78, 5) is 27.0. The van der Waals surface area contributed by atoms with Crippen LogP contribution >= 0.6 is 0 Å². The van der Waals surface area contributed by atoms with Gasteiger partial charge in [-0.2, -0.15) is 0 Å². The van der Waals surface area contributed by atoms with Gasteiger partial charge in [0.25, 0.3) is 5.91 Å². The lowest BCUT2D eigenvalue weighted by molar-refractivity contribution is -0.295. The Morgan fingerprint density at radius 2 is 1.38 bits per heavy atom. The number of β-amino-alcohol motifs (C(OH)–C–C–N with tert-alkyl or cyclic N) is 1. The van der Waals surface area contributed by atoms with Gasteiger partial charge < -0.3 is 108 Å². The molecule has 1 aliphatic carbocycles. The number of rotatable bonds is 11. The lowest BCUT2D eigenvalue weighted by atomic mass is 9.82. The maximum absolute atomic E-state index is 13.4. The maximum Gasteiger partial charge on any atom is 0.410 e. The summed E-state index contributed by atoms with van der Waals surface area (Å²) in [5, 5.41) is 78.3. The molecule has 18 N–H and O–H groups in total. The number of nitrogens with one attached hydrogen (secondary N) is 1. The van der Waals surface area contributed by atoms with E-state index in [0.717, 1.165) is 4.90 Å². The molecule has 0 bridgehead atoms. The topological polar surface area (TPSA) is 386 Å². The number of nitrogens with two attached hydrogens (primary N) is 5. The second-order valence-corrected chi connectivity index (χ2v) is 15.9. The third-order valence-corrected chi connectivity index (χ3v) is 10.5. The van der Waals surface area contributed by atoms with Gasteiger partial charge in [0.1, 0.15) is 60.5 Å². The van der Waals surface area contributed by atoms with Crippen LogP contribution in [0.25, 0.3) is 0 Å². The van der Waals surface area contributed by atoms with Gasteiger partial charge in [-0.3, -0.25) is 4.79 Å². The van der Waals surface area contributed by atoms with Crippen molar-refractivity contribution < 1.29 is 78.5 Å². The van der Waals surface area contributed by atoms with E-state index in [9.17, 15) is 45.3 Å². The Morgan fingerprint density at radius 1 is 0.782 bits per heavy atom. The predicted molar refractivity (Wildman–Crippen MR) is 184 cm³/mol. The molecular weight excluding hydrogens is 738 g/mol. The van der Waals surface area contributed by atoms with Crippen LogP contribution in [-0.2, 0) is 38.0 Å². The lowest BCUT2D eigenvalue weighted by Crippen LogP contribution is -2.73. The summed E-state index contributed by atoms with van der Waals surface area (Å²) in [6, 6.07) is -4.65. The molecule has 55 heavy (non-hydrogen) atoms. The molecule has 0 radical (unpaired) electrons. The van der Waals surface area contributed by atoms with Crippen LogP contribution < -0.4 is 34.0 Å². The van der Waals surface area contributed by atoms with Gasteiger partial charge in [0.15, 0.2) is 24.5 Å². The first-order valence-electron chi connectivity index (χ1n) is 18.3. The third-order valence-electron chi connectivity index (χ3n) is 10.5. The molecule has 23 nitrogen and oxygen atoms in total. The Bertz CT molecular complexity index is 1310. The van der Waals surface area contributed by atoms with Crippen molar-refractivity contribution >= 4 is 12.0 Å². The van der Waals surface area contributed by atoms with Gasteiger partial charge in [0.2, 0.25) is 0 Å². The zero-order valence-corrected chi connectivity index (χ0v) is 31.0. The van der Waals surface area contributed by atoms with Crippen LogP contribution in [-0.4, -0.2) is 207 Å². The number of aliphatic hydroxyl groups excluding tert-OH is 6. The van der Waals surface area contributed by atoms with Crippen molar-refractivity contribution in [1.29, 1.82) is 0 Å². The van der Waals surface area contributed by atoms with Crippen molar-refractivity contribution in [3.63, 3.8) is 0 Å². The third kappa shape index (κ3) is 9.50. The van der Waals surface area contributed by atoms with E-state index in [1.807, 2.05) is 0 Å². The molecular formula is C32H59N7O16. The van der Waals surface area contributed by atoms with Gasteiger partial charge in [-0.1, -0.05) is 0 Å². The van der Waals surface area contributed by atoms with Crippen LogP contribution in [0.3, 0.4) is 0 Å². The zero-order chi connectivity index (χ0) is 40.7. The number of ether oxygens (including phenoxy) is 7. The number of nitrogens with zero attached hydrogens (tertiary/aromatic N) is 1. The van der Waals surface area contributed by atoms with Crippen LogP contribution in [0.15, 0.2) is 0 Å². The molecule has 0 unspecified atom stereocenters. The normalized spacial score (nSPS) is 44.8. The van der Waals surface area contributed by atoms with Crippen LogP contribution in [0.2, 0.25) is 0 Å². The predicted octanol–water partition coefficient (Wildman–Crippen LogP) is -7.73. The summed E-state index contributed by atoms with van der Waals surface area (Å²) in [5.41, 5.74) is 27.4. The first kappa shape index (κ1) is 44.1. The van der Waals surface area contributed by atoms with E-state index < -0.39 is 153 Å². The number of carbonyl (C=O) groups is 2. The molecule has 18 atom stereocenters. The van der Waals surface area contributed by atoms with E-state index >= 15 is 0 Å². The van der Waals surface area contributed by atoms with Gasteiger partial charge in [-0.25, -0.2) is 4.79 Å². The molecule has 5 aliphatic rings.